The molecule has 88 valence electrons. The van der Waals surface area contributed by atoms with Gasteiger partial charge in [0.2, 0.25) is 0 Å². The van der Waals surface area contributed by atoms with Crippen LogP contribution in [0.3, 0.4) is 0 Å². The van der Waals surface area contributed by atoms with E-state index in [0.29, 0.717) is 6.42 Å². The first-order valence-electron chi connectivity index (χ1n) is 5.34. The zero-order chi connectivity index (χ0) is 12.2. The average Bonchev–Trinajstić information content (AvgIpc) is 2.60. The molecule has 0 aromatic carbocycles. The molecule has 1 heterocycles. The molecule has 16 heavy (non-hydrogen) atoms. The van der Waals surface area contributed by atoms with Gasteiger partial charge in [0.15, 0.2) is 0 Å². The van der Waals surface area contributed by atoms with E-state index in [1.807, 2.05) is 26.0 Å². The zero-order valence-corrected chi connectivity index (χ0v) is 10.1. The number of ether oxygens (including phenoxy) is 1. The maximum Gasteiger partial charge on any atom is 0.303 e. The molecule has 3 heteroatoms. The molecule has 0 N–H and O–H groups in total. The van der Waals surface area contributed by atoms with Gasteiger partial charge in [-0.15, -0.1) is 0 Å². The van der Waals surface area contributed by atoms with E-state index in [1.54, 1.807) is 6.08 Å². The van der Waals surface area contributed by atoms with Crippen LogP contribution in [0, 0.1) is 6.92 Å². The van der Waals surface area contributed by atoms with E-state index >= 15 is 0 Å². The summed E-state index contributed by atoms with van der Waals surface area (Å²) in [5.41, 5.74) is -0.619. The number of aryl methyl sites for hydroxylation is 2. The monoisotopic (exact) mass is 222 g/mol. The van der Waals surface area contributed by atoms with Crippen LogP contribution in [0.4, 0.5) is 0 Å². The molecule has 1 unspecified atom stereocenters. The summed E-state index contributed by atoms with van der Waals surface area (Å²) in [5.74, 6) is 1.50. The predicted molar refractivity (Wildman–Crippen MR) is 62.1 cm³/mol. The lowest BCUT2D eigenvalue weighted by molar-refractivity contribution is -0.151. The van der Waals surface area contributed by atoms with Crippen LogP contribution >= 0.6 is 0 Å². The van der Waals surface area contributed by atoms with Gasteiger partial charge in [0.25, 0.3) is 0 Å². The van der Waals surface area contributed by atoms with Crippen LogP contribution in [-0.4, -0.2) is 11.6 Å². The predicted octanol–water partition coefficient (Wildman–Crippen LogP) is 3.03. The Balaban J connectivity index is 2.57. The van der Waals surface area contributed by atoms with E-state index in [4.69, 9.17) is 9.15 Å². The molecule has 0 fully saturated rings. The van der Waals surface area contributed by atoms with Gasteiger partial charge < -0.3 is 9.15 Å². The highest BCUT2D eigenvalue weighted by molar-refractivity contribution is 5.66. The summed E-state index contributed by atoms with van der Waals surface area (Å²) >= 11 is 0. The second-order valence-electron chi connectivity index (χ2n) is 4.12. The summed E-state index contributed by atoms with van der Waals surface area (Å²) < 4.78 is 10.7. The molecular weight excluding hydrogens is 204 g/mol. The van der Waals surface area contributed by atoms with E-state index in [-0.39, 0.29) is 5.97 Å². The number of hydrogen-bond acceptors (Lipinski definition) is 3. The van der Waals surface area contributed by atoms with Gasteiger partial charge in [-0.05, 0) is 38.5 Å². The lowest BCUT2D eigenvalue weighted by atomic mass is 9.99. The molecule has 0 aliphatic rings. The van der Waals surface area contributed by atoms with Crippen LogP contribution in [0.25, 0.3) is 0 Å². The van der Waals surface area contributed by atoms with Crippen LogP contribution in [-0.2, 0) is 16.0 Å². The molecule has 0 bridgehead atoms. The Morgan fingerprint density at radius 2 is 2.31 bits per heavy atom. The van der Waals surface area contributed by atoms with Crippen molar-refractivity contribution in [3.63, 3.8) is 0 Å². The molecule has 1 rings (SSSR count). The van der Waals surface area contributed by atoms with Gasteiger partial charge >= 0.3 is 5.97 Å². The molecule has 0 amide bonds. The maximum absolute atomic E-state index is 10.9. The molecule has 0 aliphatic carbocycles. The van der Waals surface area contributed by atoms with Crippen LogP contribution in [0.1, 0.15) is 31.8 Å². The highest BCUT2D eigenvalue weighted by Gasteiger charge is 2.23. The van der Waals surface area contributed by atoms with Crippen molar-refractivity contribution in [2.24, 2.45) is 0 Å². The fraction of sp³-hybridized carbons (Fsp3) is 0.462. The minimum atomic E-state index is -0.619. The van der Waals surface area contributed by atoms with Crippen molar-refractivity contribution in [1.82, 2.24) is 0 Å². The SMILES string of the molecule is C=CC(C)(CCc1ccc(C)o1)OC(C)=O. The zero-order valence-electron chi connectivity index (χ0n) is 10.1. The van der Waals surface area contributed by atoms with Crippen LogP contribution in [0.2, 0.25) is 0 Å². The number of hydrogen-bond donors (Lipinski definition) is 0. The van der Waals surface area contributed by atoms with Crippen molar-refractivity contribution < 1.29 is 13.9 Å². The number of carbonyl (C=O) groups is 1. The quantitative estimate of drug-likeness (QED) is 0.568. The topological polar surface area (TPSA) is 39.4 Å². The summed E-state index contributed by atoms with van der Waals surface area (Å²) in [7, 11) is 0. The van der Waals surface area contributed by atoms with Crippen molar-refractivity contribution in [1.29, 1.82) is 0 Å². The van der Waals surface area contributed by atoms with Crippen molar-refractivity contribution in [2.45, 2.75) is 39.2 Å². The third-order valence-electron chi connectivity index (χ3n) is 2.47. The van der Waals surface area contributed by atoms with E-state index < -0.39 is 5.60 Å². The average molecular weight is 222 g/mol. The lowest BCUT2D eigenvalue weighted by Crippen LogP contribution is -2.28. The van der Waals surface area contributed by atoms with E-state index in [2.05, 4.69) is 6.58 Å². The fourth-order valence-corrected chi connectivity index (χ4v) is 1.51. The molecular formula is C13H18O3. The standard InChI is InChI=1S/C13H18O3/c1-5-13(4,16-11(3)14)9-8-12-7-6-10(2)15-12/h5-7H,1,8-9H2,2-4H3. The largest absolute Gasteiger partial charge is 0.466 e. The van der Waals surface area contributed by atoms with Crippen molar-refractivity contribution >= 4 is 5.97 Å². The van der Waals surface area contributed by atoms with Crippen molar-refractivity contribution in [3.8, 4) is 0 Å². The maximum atomic E-state index is 10.9. The van der Waals surface area contributed by atoms with Crippen LogP contribution < -0.4 is 0 Å². The second kappa shape index (κ2) is 5.01. The molecule has 0 saturated carbocycles. The lowest BCUT2D eigenvalue weighted by Gasteiger charge is -2.24. The molecule has 0 aliphatic heterocycles. The minimum absolute atomic E-state index is 0.293. The van der Waals surface area contributed by atoms with E-state index in [1.165, 1.54) is 6.92 Å². The minimum Gasteiger partial charge on any atom is -0.466 e. The molecule has 1 aromatic rings. The Morgan fingerprint density at radius 3 is 2.75 bits per heavy atom. The number of esters is 1. The number of carbonyl (C=O) groups excluding carboxylic acids is 1. The number of rotatable bonds is 5. The second-order valence-corrected chi connectivity index (χ2v) is 4.12. The Kier molecular flexibility index (Phi) is 3.93. The first-order chi connectivity index (χ1) is 7.45. The highest BCUT2D eigenvalue weighted by Crippen LogP contribution is 2.21. The van der Waals surface area contributed by atoms with Gasteiger partial charge in [0.05, 0.1) is 0 Å². The molecule has 0 spiro atoms. The number of furan rings is 1. The third-order valence-corrected chi connectivity index (χ3v) is 2.47. The smallest absolute Gasteiger partial charge is 0.303 e. The summed E-state index contributed by atoms with van der Waals surface area (Å²) in [6.45, 7) is 8.85. The molecule has 0 radical (unpaired) electrons. The molecule has 1 aromatic heterocycles. The Morgan fingerprint density at radius 1 is 1.62 bits per heavy atom. The van der Waals surface area contributed by atoms with Gasteiger partial charge in [0, 0.05) is 13.3 Å². The Bertz CT molecular complexity index is 378. The van der Waals surface area contributed by atoms with Gasteiger partial charge in [-0.1, -0.05) is 6.58 Å². The first kappa shape index (κ1) is 12.6. The van der Waals surface area contributed by atoms with Gasteiger partial charge in [-0.2, -0.15) is 0 Å². The van der Waals surface area contributed by atoms with E-state index in [0.717, 1.165) is 17.9 Å². The van der Waals surface area contributed by atoms with Crippen LogP contribution in [0.15, 0.2) is 29.2 Å². The van der Waals surface area contributed by atoms with Gasteiger partial charge in [-0.3, -0.25) is 4.79 Å². The van der Waals surface area contributed by atoms with Crippen molar-refractivity contribution in [3.05, 3.63) is 36.3 Å². The third kappa shape index (κ3) is 3.57. The van der Waals surface area contributed by atoms with E-state index in [9.17, 15) is 4.79 Å². The van der Waals surface area contributed by atoms with Crippen molar-refractivity contribution in [2.75, 3.05) is 0 Å². The Hall–Kier alpha value is -1.51. The normalized spacial score (nSPS) is 14.2. The van der Waals surface area contributed by atoms with Gasteiger partial charge in [0.1, 0.15) is 17.1 Å². The molecule has 3 nitrogen and oxygen atoms in total. The fourth-order valence-electron chi connectivity index (χ4n) is 1.51. The summed E-state index contributed by atoms with van der Waals surface area (Å²) in [4.78, 5) is 10.9. The molecule has 0 saturated heterocycles. The molecule has 1 atom stereocenters. The summed E-state index contributed by atoms with van der Waals surface area (Å²) in [6, 6.07) is 3.86. The highest BCUT2D eigenvalue weighted by atomic mass is 16.6. The Labute approximate surface area is 96.1 Å². The van der Waals surface area contributed by atoms with Crippen LogP contribution in [0.5, 0.6) is 0 Å². The van der Waals surface area contributed by atoms with Gasteiger partial charge in [-0.25, -0.2) is 0 Å². The summed E-state index contributed by atoms with van der Waals surface area (Å²) in [5, 5.41) is 0. The summed E-state index contributed by atoms with van der Waals surface area (Å²) in [6.07, 6.45) is 3.05. The first-order valence-corrected chi connectivity index (χ1v) is 5.34.